The second kappa shape index (κ2) is 6.12. The number of methoxy groups -OCH3 is 1. The molecule has 1 saturated carbocycles. The Hall–Kier alpha value is -2.10. The monoisotopic (exact) mass is 285 g/mol. The smallest absolute Gasteiger partial charge is 0.357 e. The highest BCUT2D eigenvalue weighted by Crippen LogP contribution is 2.23. The first-order valence-electron chi connectivity index (χ1n) is 7.42. The van der Waals surface area contributed by atoms with E-state index in [2.05, 4.69) is 4.98 Å². The number of esters is 1. The van der Waals surface area contributed by atoms with Gasteiger partial charge in [-0.05, 0) is 49.9 Å². The Morgan fingerprint density at radius 1 is 1.14 bits per heavy atom. The third-order valence-corrected chi connectivity index (χ3v) is 3.93. The van der Waals surface area contributed by atoms with Gasteiger partial charge in [-0.2, -0.15) is 0 Å². The lowest BCUT2D eigenvalue weighted by molar-refractivity contribution is 0.0205. The van der Waals surface area contributed by atoms with Crippen molar-refractivity contribution in [3.8, 4) is 5.75 Å². The molecule has 2 aromatic rings. The van der Waals surface area contributed by atoms with Crippen molar-refractivity contribution < 1.29 is 14.3 Å². The van der Waals surface area contributed by atoms with Crippen molar-refractivity contribution >= 4 is 16.9 Å². The van der Waals surface area contributed by atoms with Gasteiger partial charge in [0, 0.05) is 5.39 Å². The number of nitrogens with zero attached hydrogens (tertiary/aromatic N) is 1. The second-order valence-electron chi connectivity index (χ2n) is 5.42. The highest BCUT2D eigenvalue weighted by Gasteiger charge is 2.19. The van der Waals surface area contributed by atoms with E-state index in [0.29, 0.717) is 5.69 Å². The Morgan fingerprint density at radius 2 is 1.95 bits per heavy atom. The van der Waals surface area contributed by atoms with Crippen molar-refractivity contribution in [2.75, 3.05) is 7.11 Å². The number of hydrogen-bond donors (Lipinski definition) is 0. The summed E-state index contributed by atoms with van der Waals surface area (Å²) in [6.07, 6.45) is 5.52. The summed E-state index contributed by atoms with van der Waals surface area (Å²) in [5.74, 6) is 0.460. The zero-order valence-electron chi connectivity index (χ0n) is 12.2. The number of rotatable bonds is 3. The van der Waals surface area contributed by atoms with Crippen molar-refractivity contribution in [1.82, 2.24) is 4.98 Å². The molecule has 1 heterocycles. The zero-order valence-corrected chi connectivity index (χ0v) is 12.2. The number of fused-ring (bicyclic) bond motifs is 1. The molecular formula is C17H19NO3. The Labute approximate surface area is 124 Å². The normalized spacial score (nSPS) is 15.9. The standard InChI is InChI=1S/C17H19NO3/c1-20-14-8-10-15-12(11-14)7-9-16(18-15)17(19)21-13-5-3-2-4-6-13/h7-11,13H,2-6H2,1H3. The predicted molar refractivity (Wildman–Crippen MR) is 80.6 cm³/mol. The first-order chi connectivity index (χ1) is 10.3. The van der Waals surface area contributed by atoms with Crippen molar-refractivity contribution in [3.05, 3.63) is 36.0 Å². The fraction of sp³-hybridized carbons (Fsp3) is 0.412. The minimum Gasteiger partial charge on any atom is -0.497 e. The summed E-state index contributed by atoms with van der Waals surface area (Å²) in [4.78, 5) is 16.6. The summed E-state index contributed by atoms with van der Waals surface area (Å²) < 4.78 is 10.7. The number of hydrogen-bond acceptors (Lipinski definition) is 4. The second-order valence-corrected chi connectivity index (χ2v) is 5.42. The number of carbonyl (C=O) groups excluding carboxylic acids is 1. The summed E-state index contributed by atoms with van der Waals surface area (Å²) in [5.41, 5.74) is 1.15. The van der Waals surface area contributed by atoms with Crippen LogP contribution in [0.15, 0.2) is 30.3 Å². The lowest BCUT2D eigenvalue weighted by atomic mass is 9.98. The van der Waals surface area contributed by atoms with Crippen LogP contribution >= 0.6 is 0 Å². The summed E-state index contributed by atoms with van der Waals surface area (Å²) >= 11 is 0. The van der Waals surface area contributed by atoms with Crippen LogP contribution in [0, 0.1) is 0 Å². The van der Waals surface area contributed by atoms with E-state index >= 15 is 0 Å². The third kappa shape index (κ3) is 3.15. The molecular weight excluding hydrogens is 266 g/mol. The maximum Gasteiger partial charge on any atom is 0.357 e. The SMILES string of the molecule is COc1ccc2nc(C(=O)OC3CCCCC3)ccc2c1. The molecule has 21 heavy (non-hydrogen) atoms. The minimum absolute atomic E-state index is 0.0552. The van der Waals surface area contributed by atoms with E-state index in [1.807, 2.05) is 24.3 Å². The van der Waals surface area contributed by atoms with Crippen LogP contribution in [0.4, 0.5) is 0 Å². The van der Waals surface area contributed by atoms with Crippen LogP contribution in [0.3, 0.4) is 0 Å². The highest BCUT2D eigenvalue weighted by atomic mass is 16.5. The summed E-state index contributed by atoms with van der Waals surface area (Å²) in [5, 5.41) is 0.948. The summed E-state index contributed by atoms with van der Waals surface area (Å²) in [7, 11) is 1.63. The number of carbonyl (C=O) groups is 1. The van der Waals surface area contributed by atoms with Gasteiger partial charge in [0.05, 0.1) is 12.6 Å². The summed E-state index contributed by atoms with van der Waals surface area (Å²) in [6.45, 7) is 0. The topological polar surface area (TPSA) is 48.4 Å². The van der Waals surface area contributed by atoms with E-state index in [1.165, 1.54) is 6.42 Å². The molecule has 0 aliphatic heterocycles. The van der Waals surface area contributed by atoms with E-state index in [9.17, 15) is 4.79 Å². The molecule has 110 valence electrons. The fourth-order valence-corrected chi connectivity index (χ4v) is 2.74. The van der Waals surface area contributed by atoms with E-state index in [1.54, 1.807) is 13.2 Å². The van der Waals surface area contributed by atoms with Crippen LogP contribution in [-0.4, -0.2) is 24.2 Å². The summed E-state index contributed by atoms with van der Waals surface area (Å²) in [6, 6.07) is 9.19. The van der Waals surface area contributed by atoms with Gasteiger partial charge in [-0.3, -0.25) is 0 Å². The molecule has 0 atom stereocenters. The molecule has 0 unspecified atom stereocenters. The molecule has 0 N–H and O–H groups in total. The van der Waals surface area contributed by atoms with Gasteiger partial charge in [0.15, 0.2) is 0 Å². The lowest BCUT2D eigenvalue weighted by Crippen LogP contribution is -2.21. The van der Waals surface area contributed by atoms with Crippen LogP contribution in [0.5, 0.6) is 5.75 Å². The van der Waals surface area contributed by atoms with Gasteiger partial charge >= 0.3 is 5.97 Å². The molecule has 3 rings (SSSR count). The average molecular weight is 285 g/mol. The highest BCUT2D eigenvalue weighted by molar-refractivity contribution is 5.91. The fourth-order valence-electron chi connectivity index (χ4n) is 2.74. The molecule has 1 aliphatic carbocycles. The van der Waals surface area contributed by atoms with Gasteiger partial charge in [-0.25, -0.2) is 9.78 Å². The van der Waals surface area contributed by atoms with Crippen molar-refractivity contribution in [1.29, 1.82) is 0 Å². The van der Waals surface area contributed by atoms with Crippen molar-refractivity contribution in [2.45, 2.75) is 38.2 Å². The largest absolute Gasteiger partial charge is 0.497 e. The first-order valence-corrected chi connectivity index (χ1v) is 7.42. The maximum absolute atomic E-state index is 12.2. The maximum atomic E-state index is 12.2. The third-order valence-electron chi connectivity index (χ3n) is 3.93. The molecule has 1 aliphatic rings. The Morgan fingerprint density at radius 3 is 2.71 bits per heavy atom. The van der Waals surface area contributed by atoms with Gasteiger partial charge in [0.1, 0.15) is 17.5 Å². The van der Waals surface area contributed by atoms with Gasteiger partial charge in [-0.15, -0.1) is 0 Å². The van der Waals surface area contributed by atoms with E-state index in [-0.39, 0.29) is 12.1 Å². The molecule has 0 bridgehead atoms. The average Bonchev–Trinajstić information content (AvgIpc) is 2.54. The van der Waals surface area contributed by atoms with Gasteiger partial charge < -0.3 is 9.47 Å². The number of benzene rings is 1. The quantitative estimate of drug-likeness (QED) is 0.806. The first kappa shape index (κ1) is 13.9. The van der Waals surface area contributed by atoms with E-state index in [4.69, 9.17) is 9.47 Å². The molecule has 1 aromatic heterocycles. The van der Waals surface area contributed by atoms with Crippen LogP contribution in [0.1, 0.15) is 42.6 Å². The number of pyridine rings is 1. The molecule has 4 heteroatoms. The molecule has 1 fully saturated rings. The van der Waals surface area contributed by atoms with Crippen LogP contribution in [0.25, 0.3) is 10.9 Å². The van der Waals surface area contributed by atoms with E-state index < -0.39 is 0 Å². The van der Waals surface area contributed by atoms with Crippen LogP contribution in [-0.2, 0) is 4.74 Å². The Balaban J connectivity index is 1.78. The molecule has 0 amide bonds. The van der Waals surface area contributed by atoms with Crippen molar-refractivity contribution in [2.24, 2.45) is 0 Å². The van der Waals surface area contributed by atoms with Crippen molar-refractivity contribution in [3.63, 3.8) is 0 Å². The van der Waals surface area contributed by atoms with Crippen LogP contribution < -0.4 is 4.74 Å². The van der Waals surface area contributed by atoms with Gasteiger partial charge in [0.2, 0.25) is 0 Å². The molecule has 4 nitrogen and oxygen atoms in total. The zero-order chi connectivity index (χ0) is 14.7. The molecule has 0 spiro atoms. The van der Waals surface area contributed by atoms with Crippen LogP contribution in [0.2, 0.25) is 0 Å². The molecule has 0 saturated heterocycles. The number of aromatic nitrogens is 1. The van der Waals surface area contributed by atoms with Gasteiger partial charge in [-0.1, -0.05) is 12.5 Å². The Bertz CT molecular complexity index is 648. The lowest BCUT2D eigenvalue weighted by Gasteiger charge is -2.21. The Kier molecular flexibility index (Phi) is 4.04. The van der Waals surface area contributed by atoms with Gasteiger partial charge in [0.25, 0.3) is 0 Å². The molecule has 1 aromatic carbocycles. The predicted octanol–water partition coefficient (Wildman–Crippen LogP) is 3.73. The number of ether oxygens (including phenoxy) is 2. The molecule has 0 radical (unpaired) electrons. The minimum atomic E-state index is -0.320. The van der Waals surface area contributed by atoms with E-state index in [0.717, 1.165) is 42.3 Å².